The molecule has 1 saturated heterocycles. The highest BCUT2D eigenvalue weighted by Gasteiger charge is 2.19. The van der Waals surface area contributed by atoms with Crippen LogP contribution in [-0.4, -0.2) is 44.0 Å². The molecular formula is C17H19Cl2N7O. The summed E-state index contributed by atoms with van der Waals surface area (Å²) >= 11 is 6.15. The molecule has 1 unspecified atom stereocenters. The number of H-pyrrole nitrogens is 1. The second kappa shape index (κ2) is 8.51. The van der Waals surface area contributed by atoms with Crippen molar-refractivity contribution in [2.45, 2.75) is 18.9 Å². The van der Waals surface area contributed by atoms with E-state index in [4.69, 9.17) is 11.6 Å². The van der Waals surface area contributed by atoms with Crippen molar-refractivity contribution in [1.82, 2.24) is 30.3 Å². The largest absolute Gasteiger partial charge is 0.315 e. The summed E-state index contributed by atoms with van der Waals surface area (Å²) in [5.41, 5.74) is 1.05. The molecule has 27 heavy (non-hydrogen) atoms. The van der Waals surface area contributed by atoms with E-state index in [9.17, 15) is 4.79 Å². The molecule has 1 fully saturated rings. The van der Waals surface area contributed by atoms with Gasteiger partial charge in [0.2, 0.25) is 5.95 Å². The van der Waals surface area contributed by atoms with E-state index in [0.29, 0.717) is 16.5 Å². The predicted molar refractivity (Wildman–Crippen MR) is 105 cm³/mol. The number of carbonyl (C=O) groups excluding carboxylic acids is 1. The van der Waals surface area contributed by atoms with Gasteiger partial charge in [-0.3, -0.25) is 19.9 Å². The first-order chi connectivity index (χ1) is 12.7. The maximum Gasteiger partial charge on any atom is 0.278 e. The molecular weight excluding hydrogens is 389 g/mol. The summed E-state index contributed by atoms with van der Waals surface area (Å²) in [5, 5.41) is 17.7. The number of piperidine rings is 1. The van der Waals surface area contributed by atoms with E-state index in [0.717, 1.165) is 31.5 Å². The topological polar surface area (TPSA) is 101 Å². The van der Waals surface area contributed by atoms with Crippen molar-refractivity contribution in [2.24, 2.45) is 0 Å². The normalized spacial score (nSPS) is 16.6. The van der Waals surface area contributed by atoms with Crippen LogP contribution in [0.4, 0.5) is 5.95 Å². The van der Waals surface area contributed by atoms with Crippen molar-refractivity contribution in [2.75, 3.05) is 18.4 Å². The molecule has 1 atom stereocenters. The standard InChI is InChI=1S/C17H18ClN7O.ClH/c18-13-6-2-1-5-12(13)15-20-17(23-22-15)21-16(26)14-7-9-25(24-14)11-4-3-8-19-10-11;/h1-2,5-7,9,11,19H,3-4,8,10H2,(H2,20,21,22,23,26);1H. The lowest BCUT2D eigenvalue weighted by Crippen LogP contribution is -2.32. The van der Waals surface area contributed by atoms with Crippen LogP contribution in [-0.2, 0) is 0 Å². The van der Waals surface area contributed by atoms with Gasteiger partial charge in [-0.05, 0) is 37.6 Å². The van der Waals surface area contributed by atoms with Gasteiger partial charge in [0, 0.05) is 18.3 Å². The summed E-state index contributed by atoms with van der Waals surface area (Å²) in [6.45, 7) is 1.90. The van der Waals surface area contributed by atoms with Gasteiger partial charge in [-0.15, -0.1) is 17.5 Å². The molecule has 1 amide bonds. The summed E-state index contributed by atoms with van der Waals surface area (Å²) in [7, 11) is 0. The van der Waals surface area contributed by atoms with Crippen molar-refractivity contribution >= 4 is 35.9 Å². The number of benzene rings is 1. The van der Waals surface area contributed by atoms with Gasteiger partial charge < -0.3 is 5.32 Å². The summed E-state index contributed by atoms with van der Waals surface area (Å²) in [6, 6.07) is 9.27. The number of hydrogen-bond acceptors (Lipinski definition) is 5. The van der Waals surface area contributed by atoms with Gasteiger partial charge in [-0.25, -0.2) is 0 Å². The van der Waals surface area contributed by atoms with E-state index in [1.165, 1.54) is 0 Å². The Labute approximate surface area is 167 Å². The molecule has 0 radical (unpaired) electrons. The maximum atomic E-state index is 12.4. The van der Waals surface area contributed by atoms with E-state index >= 15 is 0 Å². The zero-order valence-electron chi connectivity index (χ0n) is 14.4. The van der Waals surface area contributed by atoms with E-state index in [1.54, 1.807) is 12.1 Å². The van der Waals surface area contributed by atoms with Crippen LogP contribution in [0.3, 0.4) is 0 Å². The van der Waals surface area contributed by atoms with Gasteiger partial charge in [-0.1, -0.05) is 23.7 Å². The summed E-state index contributed by atoms with van der Waals surface area (Å²) in [5.74, 6) is 0.320. The summed E-state index contributed by atoms with van der Waals surface area (Å²) in [4.78, 5) is 16.7. The van der Waals surface area contributed by atoms with Crippen molar-refractivity contribution in [1.29, 1.82) is 0 Å². The van der Waals surface area contributed by atoms with Crippen LogP contribution in [0, 0.1) is 0 Å². The number of aromatic amines is 1. The number of halogens is 2. The Balaban J connectivity index is 0.00000210. The van der Waals surface area contributed by atoms with Crippen LogP contribution in [0.15, 0.2) is 36.5 Å². The van der Waals surface area contributed by atoms with Crippen LogP contribution < -0.4 is 10.6 Å². The highest BCUT2D eigenvalue weighted by Crippen LogP contribution is 2.25. The van der Waals surface area contributed by atoms with Crippen LogP contribution in [0.2, 0.25) is 5.02 Å². The number of hydrogen-bond donors (Lipinski definition) is 3. The Morgan fingerprint density at radius 1 is 1.30 bits per heavy atom. The maximum absolute atomic E-state index is 12.4. The van der Waals surface area contributed by atoms with Gasteiger partial charge in [0.05, 0.1) is 11.1 Å². The number of aromatic nitrogens is 5. The van der Waals surface area contributed by atoms with Crippen molar-refractivity contribution in [3.8, 4) is 11.4 Å². The monoisotopic (exact) mass is 407 g/mol. The zero-order chi connectivity index (χ0) is 17.9. The molecule has 142 valence electrons. The minimum atomic E-state index is -0.350. The van der Waals surface area contributed by atoms with Crippen LogP contribution in [0.25, 0.3) is 11.4 Å². The fraction of sp³-hybridized carbons (Fsp3) is 0.294. The van der Waals surface area contributed by atoms with Gasteiger partial charge in [0.25, 0.3) is 5.91 Å². The fourth-order valence-electron chi connectivity index (χ4n) is 2.98. The molecule has 1 aromatic carbocycles. The van der Waals surface area contributed by atoms with Crippen LogP contribution in [0.5, 0.6) is 0 Å². The number of anilines is 1. The second-order valence-corrected chi connectivity index (χ2v) is 6.53. The van der Waals surface area contributed by atoms with Crippen molar-refractivity contribution < 1.29 is 4.79 Å². The highest BCUT2D eigenvalue weighted by atomic mass is 35.5. The summed E-state index contributed by atoms with van der Waals surface area (Å²) in [6.07, 6.45) is 3.99. The average molecular weight is 408 g/mol. The van der Waals surface area contributed by atoms with Crippen molar-refractivity contribution in [3.05, 3.63) is 47.2 Å². The molecule has 0 spiro atoms. The average Bonchev–Trinajstić information content (AvgIpc) is 3.33. The first-order valence-electron chi connectivity index (χ1n) is 8.45. The predicted octanol–water partition coefficient (Wildman–Crippen LogP) is 2.92. The Bertz CT molecular complexity index is 917. The van der Waals surface area contributed by atoms with E-state index < -0.39 is 0 Å². The molecule has 3 aromatic rings. The SMILES string of the molecule is Cl.O=C(Nc1n[nH]c(-c2ccccc2Cl)n1)c1ccn(C2CCCNC2)n1. The Kier molecular flexibility index (Phi) is 6.10. The van der Waals surface area contributed by atoms with E-state index in [1.807, 2.05) is 29.1 Å². The quantitative estimate of drug-likeness (QED) is 0.617. The Morgan fingerprint density at radius 2 is 2.15 bits per heavy atom. The number of nitrogens with one attached hydrogen (secondary N) is 3. The van der Waals surface area contributed by atoms with E-state index in [-0.39, 0.29) is 30.3 Å². The molecule has 0 bridgehead atoms. The molecule has 4 rings (SSSR count). The molecule has 8 nitrogen and oxygen atoms in total. The first-order valence-corrected chi connectivity index (χ1v) is 8.83. The molecule has 0 aliphatic carbocycles. The van der Waals surface area contributed by atoms with Gasteiger partial charge in [0.1, 0.15) is 0 Å². The molecule has 2 aromatic heterocycles. The Hall–Kier alpha value is -2.42. The Morgan fingerprint density at radius 3 is 2.93 bits per heavy atom. The third-order valence-electron chi connectivity index (χ3n) is 4.33. The minimum Gasteiger partial charge on any atom is -0.315 e. The lowest BCUT2D eigenvalue weighted by molar-refractivity contribution is 0.102. The van der Waals surface area contributed by atoms with Crippen LogP contribution in [0.1, 0.15) is 29.4 Å². The van der Waals surface area contributed by atoms with Gasteiger partial charge in [-0.2, -0.15) is 10.1 Å². The first kappa shape index (κ1) is 19.3. The molecule has 1 aliphatic rings. The molecule has 0 saturated carbocycles. The molecule has 3 heterocycles. The highest BCUT2D eigenvalue weighted by molar-refractivity contribution is 6.33. The molecule has 1 aliphatic heterocycles. The van der Waals surface area contributed by atoms with E-state index in [2.05, 4.69) is 30.9 Å². The third-order valence-corrected chi connectivity index (χ3v) is 4.66. The fourth-order valence-corrected chi connectivity index (χ4v) is 3.20. The number of carbonyl (C=O) groups is 1. The zero-order valence-corrected chi connectivity index (χ0v) is 15.9. The smallest absolute Gasteiger partial charge is 0.278 e. The van der Waals surface area contributed by atoms with Gasteiger partial charge >= 0.3 is 0 Å². The number of amides is 1. The minimum absolute atomic E-state index is 0. The third kappa shape index (κ3) is 4.29. The van der Waals surface area contributed by atoms with Gasteiger partial charge in [0.15, 0.2) is 11.5 Å². The second-order valence-electron chi connectivity index (χ2n) is 6.12. The van der Waals surface area contributed by atoms with Crippen LogP contribution >= 0.6 is 24.0 Å². The van der Waals surface area contributed by atoms with Crippen molar-refractivity contribution in [3.63, 3.8) is 0 Å². The molecule has 3 N–H and O–H groups in total. The lowest BCUT2D eigenvalue weighted by atomic mass is 10.1. The number of nitrogens with zero attached hydrogens (tertiary/aromatic N) is 4. The molecule has 10 heteroatoms. The summed E-state index contributed by atoms with van der Waals surface area (Å²) < 4.78 is 1.84. The lowest BCUT2D eigenvalue weighted by Gasteiger charge is -2.22. The number of rotatable bonds is 4.